The first-order valence-electron chi connectivity index (χ1n) is 9.72. The number of nitrogens with one attached hydrogen (secondary N) is 2. The Morgan fingerprint density at radius 2 is 1.90 bits per heavy atom. The molecular weight excluding hydrogens is 392 g/mol. The van der Waals surface area contributed by atoms with Gasteiger partial charge >= 0.3 is 5.97 Å². The third-order valence-electron chi connectivity index (χ3n) is 5.19. The van der Waals surface area contributed by atoms with Crippen molar-refractivity contribution in [2.75, 3.05) is 50.1 Å². The van der Waals surface area contributed by atoms with Gasteiger partial charge in [0.2, 0.25) is 0 Å². The van der Waals surface area contributed by atoms with Crippen molar-refractivity contribution in [3.05, 3.63) is 45.7 Å². The molecule has 0 spiro atoms. The lowest BCUT2D eigenvalue weighted by atomic mass is 10.1. The Balaban J connectivity index is 1.87. The molecule has 1 aromatic carbocycles. The van der Waals surface area contributed by atoms with E-state index in [-0.39, 0.29) is 12.5 Å². The number of anilines is 2. The quantitative estimate of drug-likeness (QED) is 0.727. The third-order valence-corrected chi connectivity index (χ3v) is 5.43. The van der Waals surface area contributed by atoms with E-state index in [9.17, 15) is 9.59 Å². The molecule has 1 aliphatic rings. The summed E-state index contributed by atoms with van der Waals surface area (Å²) in [7, 11) is 2.10. The number of hydrogen-bond acceptors (Lipinski definition) is 5. The number of amides is 1. The van der Waals surface area contributed by atoms with Gasteiger partial charge in [0.25, 0.3) is 5.91 Å². The van der Waals surface area contributed by atoms with E-state index in [1.165, 1.54) is 0 Å². The predicted octanol–water partition coefficient (Wildman–Crippen LogP) is 3.47. The Morgan fingerprint density at radius 3 is 2.55 bits per heavy atom. The van der Waals surface area contributed by atoms with Gasteiger partial charge in [-0.05, 0) is 51.6 Å². The van der Waals surface area contributed by atoms with Crippen molar-refractivity contribution >= 4 is 34.9 Å². The molecule has 1 fully saturated rings. The van der Waals surface area contributed by atoms with Gasteiger partial charge in [-0.3, -0.25) is 4.79 Å². The number of hydrogen-bond donors (Lipinski definition) is 2. The number of esters is 1. The predicted molar refractivity (Wildman–Crippen MR) is 115 cm³/mol. The van der Waals surface area contributed by atoms with Crippen molar-refractivity contribution in [1.29, 1.82) is 0 Å². The highest BCUT2D eigenvalue weighted by Gasteiger charge is 2.24. The molecule has 2 aromatic rings. The van der Waals surface area contributed by atoms with Crippen LogP contribution in [0.15, 0.2) is 18.2 Å². The van der Waals surface area contributed by atoms with Crippen LogP contribution >= 0.6 is 11.6 Å². The zero-order chi connectivity index (χ0) is 21.1. The summed E-state index contributed by atoms with van der Waals surface area (Å²) in [4.78, 5) is 32.8. The number of aromatic amines is 1. The van der Waals surface area contributed by atoms with E-state index in [1.54, 1.807) is 26.8 Å². The Bertz CT molecular complexity index is 917. The van der Waals surface area contributed by atoms with Crippen LogP contribution in [0.1, 0.15) is 39.0 Å². The summed E-state index contributed by atoms with van der Waals surface area (Å²) in [6.07, 6.45) is 0. The number of rotatable bonds is 5. The van der Waals surface area contributed by atoms with Crippen LogP contribution in [0.4, 0.5) is 11.4 Å². The van der Waals surface area contributed by atoms with E-state index >= 15 is 0 Å². The molecule has 0 radical (unpaired) electrons. The highest BCUT2D eigenvalue weighted by molar-refractivity contribution is 6.31. The van der Waals surface area contributed by atoms with E-state index in [2.05, 4.69) is 27.1 Å². The summed E-state index contributed by atoms with van der Waals surface area (Å²) in [5, 5.41) is 3.51. The van der Waals surface area contributed by atoms with Crippen LogP contribution < -0.4 is 10.2 Å². The lowest BCUT2D eigenvalue weighted by Crippen LogP contribution is -2.44. The molecule has 156 valence electrons. The van der Waals surface area contributed by atoms with Crippen LogP contribution in [-0.2, 0) is 4.74 Å². The monoisotopic (exact) mass is 418 g/mol. The van der Waals surface area contributed by atoms with Crippen LogP contribution in [0.2, 0.25) is 5.02 Å². The Morgan fingerprint density at radius 1 is 1.21 bits per heavy atom. The third kappa shape index (κ3) is 4.57. The number of nitrogens with zero attached hydrogens (tertiary/aromatic N) is 2. The maximum Gasteiger partial charge on any atom is 0.340 e. The van der Waals surface area contributed by atoms with Gasteiger partial charge in [-0.2, -0.15) is 0 Å². The van der Waals surface area contributed by atoms with Crippen molar-refractivity contribution < 1.29 is 14.3 Å². The van der Waals surface area contributed by atoms with Gasteiger partial charge in [0, 0.05) is 36.9 Å². The molecule has 1 aromatic heterocycles. The highest BCUT2D eigenvalue weighted by atomic mass is 35.5. The lowest BCUT2D eigenvalue weighted by Gasteiger charge is -2.35. The summed E-state index contributed by atoms with van der Waals surface area (Å²) >= 11 is 6.20. The average Bonchev–Trinajstić information content (AvgIpc) is 2.97. The molecule has 7 nitrogen and oxygen atoms in total. The van der Waals surface area contributed by atoms with Crippen molar-refractivity contribution in [2.24, 2.45) is 0 Å². The SMILES string of the molecule is CCOC(=O)c1c(C)[nH]c(C(=O)Nc2cc(Cl)ccc2N2CCN(C)CC2)c1C. The summed E-state index contributed by atoms with van der Waals surface area (Å²) in [6, 6.07) is 5.51. The molecule has 2 N–H and O–H groups in total. The molecule has 1 saturated heterocycles. The molecule has 0 bridgehead atoms. The first-order chi connectivity index (χ1) is 13.8. The number of ether oxygens (including phenoxy) is 1. The van der Waals surface area contributed by atoms with Crippen molar-refractivity contribution in [3.63, 3.8) is 0 Å². The number of carbonyl (C=O) groups is 2. The molecule has 29 heavy (non-hydrogen) atoms. The lowest BCUT2D eigenvalue weighted by molar-refractivity contribution is 0.0525. The number of carbonyl (C=O) groups excluding carboxylic acids is 2. The van der Waals surface area contributed by atoms with Gasteiger partial charge in [0.1, 0.15) is 5.69 Å². The largest absolute Gasteiger partial charge is 0.462 e. The van der Waals surface area contributed by atoms with E-state index in [4.69, 9.17) is 16.3 Å². The van der Waals surface area contributed by atoms with Crippen molar-refractivity contribution in [2.45, 2.75) is 20.8 Å². The number of piperazine rings is 1. The molecule has 0 saturated carbocycles. The van der Waals surface area contributed by atoms with Gasteiger partial charge < -0.3 is 24.8 Å². The Hall–Kier alpha value is -2.51. The fourth-order valence-corrected chi connectivity index (χ4v) is 3.77. The second-order valence-electron chi connectivity index (χ2n) is 7.25. The van der Waals surface area contributed by atoms with Gasteiger partial charge in [0.15, 0.2) is 0 Å². The number of benzene rings is 1. The average molecular weight is 419 g/mol. The molecule has 0 aliphatic carbocycles. The minimum absolute atomic E-state index is 0.279. The van der Waals surface area contributed by atoms with Crippen LogP contribution in [0.25, 0.3) is 0 Å². The van der Waals surface area contributed by atoms with Crippen LogP contribution in [0.5, 0.6) is 0 Å². The summed E-state index contributed by atoms with van der Waals surface area (Å²) in [5.41, 5.74) is 3.51. The first kappa shape index (κ1) is 21.2. The second kappa shape index (κ2) is 8.88. The fourth-order valence-electron chi connectivity index (χ4n) is 3.60. The minimum Gasteiger partial charge on any atom is -0.462 e. The van der Waals surface area contributed by atoms with Crippen LogP contribution in [-0.4, -0.2) is 61.6 Å². The summed E-state index contributed by atoms with van der Waals surface area (Å²) in [6.45, 7) is 9.17. The first-order valence-corrected chi connectivity index (χ1v) is 10.1. The zero-order valence-electron chi connectivity index (χ0n) is 17.3. The molecule has 0 atom stereocenters. The van der Waals surface area contributed by atoms with Crippen LogP contribution in [0, 0.1) is 13.8 Å². The molecule has 3 rings (SSSR count). The van der Waals surface area contributed by atoms with E-state index in [0.29, 0.717) is 33.2 Å². The highest BCUT2D eigenvalue weighted by Crippen LogP contribution is 2.31. The second-order valence-corrected chi connectivity index (χ2v) is 7.69. The number of aryl methyl sites for hydroxylation is 1. The Labute approximate surface area is 176 Å². The molecule has 8 heteroatoms. The maximum atomic E-state index is 13.0. The number of H-pyrrole nitrogens is 1. The smallest absolute Gasteiger partial charge is 0.340 e. The summed E-state index contributed by atoms with van der Waals surface area (Å²) < 4.78 is 5.11. The van der Waals surface area contributed by atoms with Crippen molar-refractivity contribution in [1.82, 2.24) is 9.88 Å². The number of aromatic nitrogens is 1. The van der Waals surface area contributed by atoms with E-state index < -0.39 is 5.97 Å². The van der Waals surface area contributed by atoms with Gasteiger partial charge in [-0.1, -0.05) is 11.6 Å². The zero-order valence-corrected chi connectivity index (χ0v) is 18.0. The molecule has 0 unspecified atom stereocenters. The van der Waals surface area contributed by atoms with Gasteiger partial charge in [-0.25, -0.2) is 4.79 Å². The molecule has 1 aliphatic heterocycles. The minimum atomic E-state index is -0.432. The number of halogens is 1. The molecule has 2 heterocycles. The standard InChI is InChI=1S/C21H27ClN4O3/c1-5-29-21(28)18-13(2)19(23-14(18)3)20(27)24-16-12-15(22)6-7-17(16)26-10-8-25(4)9-11-26/h6-7,12,23H,5,8-11H2,1-4H3,(H,24,27). The Kier molecular flexibility index (Phi) is 6.49. The van der Waals surface area contributed by atoms with E-state index in [0.717, 1.165) is 31.9 Å². The van der Waals surface area contributed by atoms with Crippen molar-refractivity contribution in [3.8, 4) is 0 Å². The summed E-state index contributed by atoms with van der Waals surface area (Å²) in [5.74, 6) is -0.752. The van der Waals surface area contributed by atoms with Crippen LogP contribution in [0.3, 0.4) is 0 Å². The van der Waals surface area contributed by atoms with Gasteiger partial charge in [0.05, 0.1) is 23.5 Å². The normalized spacial score (nSPS) is 14.7. The van der Waals surface area contributed by atoms with E-state index in [1.807, 2.05) is 12.1 Å². The molecule has 1 amide bonds. The molecular formula is C21H27ClN4O3. The fraction of sp³-hybridized carbons (Fsp3) is 0.429. The topological polar surface area (TPSA) is 77.7 Å². The number of likely N-dealkylation sites (N-methyl/N-ethyl adjacent to an activating group) is 1. The maximum absolute atomic E-state index is 13.0. The van der Waals surface area contributed by atoms with Gasteiger partial charge in [-0.15, -0.1) is 0 Å².